The van der Waals surface area contributed by atoms with Gasteiger partial charge in [-0.25, -0.2) is 0 Å². The molecule has 5 heteroatoms. The quantitative estimate of drug-likeness (QED) is 0.837. The molecule has 2 rings (SSSR count). The summed E-state index contributed by atoms with van der Waals surface area (Å²) in [6, 6.07) is 1.86. The fourth-order valence-electron chi connectivity index (χ4n) is 2.35. The van der Waals surface area contributed by atoms with Crippen LogP contribution in [-0.2, 0) is 4.74 Å². The number of piperidine rings is 1. The number of methoxy groups -OCH3 is 1. The summed E-state index contributed by atoms with van der Waals surface area (Å²) in [6.07, 6.45) is 5.54. The van der Waals surface area contributed by atoms with E-state index in [0.29, 0.717) is 18.7 Å². The molecule has 0 bridgehead atoms. The van der Waals surface area contributed by atoms with Crippen molar-refractivity contribution in [1.82, 2.24) is 9.88 Å². The minimum atomic E-state index is 0.0831. The second-order valence-corrected chi connectivity index (χ2v) is 5.36. The van der Waals surface area contributed by atoms with Crippen molar-refractivity contribution in [2.75, 3.05) is 38.7 Å². The Morgan fingerprint density at radius 3 is 2.90 bits per heavy atom. The van der Waals surface area contributed by atoms with E-state index < -0.39 is 0 Å². The summed E-state index contributed by atoms with van der Waals surface area (Å²) in [5, 5.41) is 3.19. The summed E-state index contributed by atoms with van der Waals surface area (Å²) in [6.45, 7) is 5.27. The topological polar surface area (TPSA) is 54.5 Å². The van der Waals surface area contributed by atoms with Crippen LogP contribution in [0.2, 0.25) is 0 Å². The summed E-state index contributed by atoms with van der Waals surface area (Å²) in [4.78, 5) is 18.5. The monoisotopic (exact) mass is 277 g/mol. The molecular formula is C15H23N3O2. The van der Waals surface area contributed by atoms with E-state index in [1.54, 1.807) is 19.5 Å². The molecule has 1 aromatic rings. The number of nitrogens with zero attached hydrogens (tertiary/aromatic N) is 2. The van der Waals surface area contributed by atoms with Gasteiger partial charge in [0.2, 0.25) is 0 Å². The number of carbonyl (C=O) groups excluding carboxylic acids is 1. The zero-order chi connectivity index (χ0) is 14.4. The Morgan fingerprint density at radius 1 is 1.45 bits per heavy atom. The van der Waals surface area contributed by atoms with Crippen molar-refractivity contribution >= 4 is 11.6 Å². The third-order valence-corrected chi connectivity index (χ3v) is 3.69. The van der Waals surface area contributed by atoms with Gasteiger partial charge in [0.15, 0.2) is 0 Å². The second-order valence-electron chi connectivity index (χ2n) is 5.36. The lowest BCUT2D eigenvalue weighted by Gasteiger charge is -2.30. The number of pyridine rings is 1. The van der Waals surface area contributed by atoms with Gasteiger partial charge in [0, 0.05) is 39.1 Å². The van der Waals surface area contributed by atoms with Gasteiger partial charge in [0.1, 0.15) is 0 Å². The number of ether oxygens (including phenoxy) is 1. The van der Waals surface area contributed by atoms with Crippen LogP contribution in [0.1, 0.15) is 30.1 Å². The van der Waals surface area contributed by atoms with Gasteiger partial charge in [-0.1, -0.05) is 6.92 Å². The Labute approximate surface area is 120 Å². The molecule has 5 nitrogen and oxygen atoms in total. The van der Waals surface area contributed by atoms with Crippen LogP contribution in [0, 0.1) is 5.92 Å². The number of anilines is 1. The summed E-state index contributed by atoms with van der Waals surface area (Å²) >= 11 is 0. The third-order valence-electron chi connectivity index (χ3n) is 3.69. The van der Waals surface area contributed by atoms with E-state index in [0.717, 1.165) is 37.5 Å². The minimum absolute atomic E-state index is 0.0831. The highest BCUT2D eigenvalue weighted by atomic mass is 16.5. The van der Waals surface area contributed by atoms with Crippen molar-refractivity contribution in [2.24, 2.45) is 5.92 Å². The largest absolute Gasteiger partial charge is 0.383 e. The van der Waals surface area contributed by atoms with Crippen LogP contribution in [0.25, 0.3) is 0 Å². The van der Waals surface area contributed by atoms with Crippen LogP contribution >= 0.6 is 0 Å². The summed E-state index contributed by atoms with van der Waals surface area (Å²) in [5.74, 6) is 0.805. The number of nitrogens with one attached hydrogen (secondary N) is 1. The number of likely N-dealkylation sites (tertiary alicyclic amines) is 1. The lowest BCUT2D eigenvalue weighted by molar-refractivity contribution is 0.0697. The molecule has 0 atom stereocenters. The van der Waals surface area contributed by atoms with Crippen LogP contribution in [0.15, 0.2) is 18.5 Å². The Bertz CT molecular complexity index is 442. The average molecular weight is 277 g/mol. The zero-order valence-corrected chi connectivity index (χ0v) is 12.3. The first-order chi connectivity index (χ1) is 9.70. The number of hydrogen-bond acceptors (Lipinski definition) is 4. The number of rotatable bonds is 5. The number of amides is 1. The molecule has 20 heavy (non-hydrogen) atoms. The molecule has 110 valence electrons. The van der Waals surface area contributed by atoms with Crippen molar-refractivity contribution in [3.8, 4) is 0 Å². The number of aromatic nitrogens is 1. The Hall–Kier alpha value is -1.62. The van der Waals surface area contributed by atoms with Gasteiger partial charge in [-0.2, -0.15) is 0 Å². The molecule has 0 saturated carbocycles. The molecule has 1 amide bonds. The van der Waals surface area contributed by atoms with Crippen LogP contribution in [0.5, 0.6) is 0 Å². The van der Waals surface area contributed by atoms with Gasteiger partial charge < -0.3 is 15.0 Å². The first kappa shape index (κ1) is 14.8. The molecule has 1 aromatic heterocycles. The fourth-order valence-corrected chi connectivity index (χ4v) is 2.35. The van der Waals surface area contributed by atoms with Crippen molar-refractivity contribution in [2.45, 2.75) is 19.8 Å². The maximum atomic E-state index is 12.4. The van der Waals surface area contributed by atoms with Crippen molar-refractivity contribution in [1.29, 1.82) is 0 Å². The minimum Gasteiger partial charge on any atom is -0.383 e. The normalized spacial score (nSPS) is 16.2. The van der Waals surface area contributed by atoms with Crippen LogP contribution < -0.4 is 5.32 Å². The fraction of sp³-hybridized carbons (Fsp3) is 0.600. The van der Waals surface area contributed by atoms with E-state index in [1.165, 1.54) is 0 Å². The van der Waals surface area contributed by atoms with Crippen LogP contribution in [-0.4, -0.2) is 49.1 Å². The molecule has 1 aliphatic heterocycles. The predicted octanol–water partition coefficient (Wildman–Crippen LogP) is 2.01. The lowest BCUT2D eigenvalue weighted by atomic mass is 9.99. The highest BCUT2D eigenvalue weighted by Crippen LogP contribution is 2.19. The SMILES string of the molecule is COCCNc1cncc(C(=O)N2CCC(C)CC2)c1. The Morgan fingerprint density at radius 2 is 2.20 bits per heavy atom. The van der Waals surface area contributed by atoms with Gasteiger partial charge in [-0.15, -0.1) is 0 Å². The molecule has 2 heterocycles. The smallest absolute Gasteiger partial charge is 0.255 e. The van der Waals surface area contributed by atoms with Gasteiger partial charge in [-0.05, 0) is 24.8 Å². The highest BCUT2D eigenvalue weighted by Gasteiger charge is 2.21. The van der Waals surface area contributed by atoms with Crippen molar-refractivity contribution in [3.63, 3.8) is 0 Å². The van der Waals surface area contributed by atoms with Gasteiger partial charge in [0.05, 0.1) is 17.9 Å². The van der Waals surface area contributed by atoms with Crippen molar-refractivity contribution in [3.05, 3.63) is 24.0 Å². The summed E-state index contributed by atoms with van der Waals surface area (Å²) in [5.41, 5.74) is 1.51. The first-order valence-electron chi connectivity index (χ1n) is 7.18. The summed E-state index contributed by atoms with van der Waals surface area (Å²) in [7, 11) is 1.66. The van der Waals surface area contributed by atoms with E-state index in [1.807, 2.05) is 11.0 Å². The summed E-state index contributed by atoms with van der Waals surface area (Å²) < 4.78 is 4.99. The third kappa shape index (κ3) is 3.93. The predicted molar refractivity (Wildman–Crippen MR) is 78.9 cm³/mol. The zero-order valence-electron chi connectivity index (χ0n) is 12.3. The second kappa shape index (κ2) is 7.24. The Kier molecular flexibility index (Phi) is 5.35. The molecule has 0 radical (unpaired) electrons. The molecule has 1 N–H and O–H groups in total. The molecule has 1 fully saturated rings. The van der Waals surface area contributed by atoms with Gasteiger partial charge in [-0.3, -0.25) is 9.78 Å². The standard InChI is InChI=1S/C15H23N3O2/c1-12-3-6-18(7-4-12)15(19)13-9-14(11-16-10-13)17-5-8-20-2/h9-12,17H,3-8H2,1-2H3. The maximum absolute atomic E-state index is 12.4. The van der Waals surface area contributed by atoms with E-state index in [4.69, 9.17) is 4.74 Å². The van der Waals surface area contributed by atoms with E-state index in [2.05, 4.69) is 17.2 Å². The molecular weight excluding hydrogens is 254 g/mol. The number of hydrogen-bond donors (Lipinski definition) is 1. The first-order valence-corrected chi connectivity index (χ1v) is 7.18. The molecule has 1 aliphatic rings. The molecule has 0 aliphatic carbocycles. The lowest BCUT2D eigenvalue weighted by Crippen LogP contribution is -2.37. The average Bonchev–Trinajstić information content (AvgIpc) is 2.48. The van der Waals surface area contributed by atoms with E-state index >= 15 is 0 Å². The van der Waals surface area contributed by atoms with Crippen LogP contribution in [0.4, 0.5) is 5.69 Å². The molecule has 1 saturated heterocycles. The maximum Gasteiger partial charge on any atom is 0.255 e. The molecule has 0 unspecified atom stereocenters. The number of carbonyl (C=O) groups is 1. The Balaban J connectivity index is 1.97. The van der Waals surface area contributed by atoms with Gasteiger partial charge >= 0.3 is 0 Å². The van der Waals surface area contributed by atoms with Gasteiger partial charge in [0.25, 0.3) is 5.91 Å². The molecule has 0 aromatic carbocycles. The molecule has 0 spiro atoms. The highest BCUT2D eigenvalue weighted by molar-refractivity contribution is 5.94. The van der Waals surface area contributed by atoms with E-state index in [9.17, 15) is 4.79 Å². The van der Waals surface area contributed by atoms with E-state index in [-0.39, 0.29) is 5.91 Å². The van der Waals surface area contributed by atoms with Crippen LogP contribution in [0.3, 0.4) is 0 Å². The van der Waals surface area contributed by atoms with Crippen molar-refractivity contribution < 1.29 is 9.53 Å².